The Bertz CT molecular complexity index is 1800. The predicted molar refractivity (Wildman–Crippen MR) is 192 cm³/mol. The number of carbonyl (C=O) groups excluding carboxylic acids is 4. The molecule has 280 valence electrons. The number of cyclic esters (lactones) is 1. The first-order chi connectivity index (χ1) is 25.4. The fourth-order valence-corrected chi connectivity index (χ4v) is 7.27. The maximum absolute atomic E-state index is 14.4. The zero-order valence-corrected chi connectivity index (χ0v) is 29.7. The van der Waals surface area contributed by atoms with Gasteiger partial charge in [-0.25, -0.2) is 4.79 Å². The Morgan fingerprint density at radius 1 is 0.925 bits per heavy atom. The van der Waals surface area contributed by atoms with Crippen LogP contribution in [0.1, 0.15) is 55.0 Å². The van der Waals surface area contributed by atoms with Gasteiger partial charge in [-0.05, 0) is 49.1 Å². The van der Waals surface area contributed by atoms with Crippen molar-refractivity contribution in [3.8, 4) is 0 Å². The maximum Gasteiger partial charge on any atom is 0.416 e. The molecular weight excluding hydrogens is 687 g/mol. The first-order valence-corrected chi connectivity index (χ1v) is 17.9. The summed E-state index contributed by atoms with van der Waals surface area (Å²) in [6.07, 6.45) is -1.70. The van der Waals surface area contributed by atoms with Crippen molar-refractivity contribution in [2.45, 2.75) is 69.6 Å². The second-order valence-electron chi connectivity index (χ2n) is 13.8. The minimum Gasteiger partial charge on any atom is -0.447 e. The van der Waals surface area contributed by atoms with Crippen molar-refractivity contribution in [2.24, 2.45) is 0 Å². The molecule has 3 aromatic carbocycles. The van der Waals surface area contributed by atoms with Gasteiger partial charge in [-0.3, -0.25) is 24.2 Å². The average Bonchev–Trinajstić information content (AvgIpc) is 3.53. The molecule has 0 radical (unpaired) electrons. The summed E-state index contributed by atoms with van der Waals surface area (Å²) in [5, 5.41) is 2.73. The fourth-order valence-electron chi connectivity index (χ4n) is 7.27. The molecule has 3 aliphatic heterocycles. The largest absolute Gasteiger partial charge is 0.447 e. The van der Waals surface area contributed by atoms with Crippen molar-refractivity contribution in [1.29, 1.82) is 0 Å². The van der Waals surface area contributed by atoms with Crippen molar-refractivity contribution < 1.29 is 37.1 Å². The number of hydrogen-bond donors (Lipinski definition) is 1. The van der Waals surface area contributed by atoms with Crippen molar-refractivity contribution in [3.05, 3.63) is 113 Å². The number of rotatable bonds is 12. The molecule has 1 N–H and O–H groups in total. The lowest BCUT2D eigenvalue weighted by atomic mass is 9.87. The molecule has 0 spiro atoms. The number of alkyl halides is 3. The summed E-state index contributed by atoms with van der Waals surface area (Å²) in [4.78, 5) is 62.1. The molecule has 4 amide bonds. The second-order valence-corrected chi connectivity index (χ2v) is 13.8. The summed E-state index contributed by atoms with van der Waals surface area (Å²) in [5.41, 5.74) is 0.996. The zero-order chi connectivity index (χ0) is 37.7. The summed E-state index contributed by atoms with van der Waals surface area (Å²) in [5.74, 6) is -1.27. The number of nitrogens with one attached hydrogen (secondary N) is 1. The molecule has 3 aromatic rings. The number of carbonyl (C=O) groups is 4. The van der Waals surface area contributed by atoms with Gasteiger partial charge in [-0.1, -0.05) is 84.9 Å². The van der Waals surface area contributed by atoms with E-state index in [0.717, 1.165) is 36.3 Å². The molecular formula is C40H44F3N5O5. The monoisotopic (exact) mass is 731 g/mol. The Morgan fingerprint density at radius 3 is 2.26 bits per heavy atom. The lowest BCUT2D eigenvalue weighted by molar-refractivity contribution is -0.163. The van der Waals surface area contributed by atoms with Gasteiger partial charge in [0.2, 0.25) is 17.7 Å². The highest BCUT2D eigenvalue weighted by atomic mass is 19.4. The molecule has 10 nitrogen and oxygen atoms in total. The second kappa shape index (κ2) is 16.2. The number of piperazine rings is 1. The van der Waals surface area contributed by atoms with E-state index in [1.54, 1.807) is 11.0 Å². The third kappa shape index (κ3) is 8.56. The lowest BCUT2D eigenvalue weighted by Crippen LogP contribution is -2.74. The predicted octanol–water partition coefficient (Wildman–Crippen LogP) is 5.51. The Kier molecular flexibility index (Phi) is 11.5. The summed E-state index contributed by atoms with van der Waals surface area (Å²) in [7, 11) is 0. The van der Waals surface area contributed by atoms with Crippen molar-refractivity contribution in [3.63, 3.8) is 0 Å². The topological polar surface area (TPSA) is 103 Å². The van der Waals surface area contributed by atoms with Crippen LogP contribution in [0.5, 0.6) is 0 Å². The van der Waals surface area contributed by atoms with Gasteiger partial charge in [0.1, 0.15) is 18.7 Å². The van der Waals surface area contributed by atoms with Crippen LogP contribution in [-0.4, -0.2) is 100 Å². The van der Waals surface area contributed by atoms with E-state index in [9.17, 15) is 32.3 Å². The fraction of sp³-hybridized carbons (Fsp3) is 0.400. The van der Waals surface area contributed by atoms with Gasteiger partial charge in [0.05, 0.1) is 17.6 Å². The van der Waals surface area contributed by atoms with Crippen LogP contribution in [0.3, 0.4) is 0 Å². The van der Waals surface area contributed by atoms with E-state index >= 15 is 0 Å². The summed E-state index contributed by atoms with van der Waals surface area (Å²) in [6.45, 7) is 6.53. The maximum atomic E-state index is 14.4. The molecule has 13 heteroatoms. The summed E-state index contributed by atoms with van der Waals surface area (Å²) in [6, 6.07) is 20.1. The van der Waals surface area contributed by atoms with Crippen LogP contribution in [0.25, 0.3) is 6.08 Å². The van der Waals surface area contributed by atoms with Gasteiger partial charge in [0.25, 0.3) is 0 Å². The number of ether oxygens (including phenoxy) is 1. The zero-order valence-electron chi connectivity index (χ0n) is 29.7. The Hall–Kier alpha value is -5.17. The van der Waals surface area contributed by atoms with Crippen LogP contribution < -0.4 is 5.32 Å². The minimum atomic E-state index is -4.56. The Morgan fingerprint density at radius 2 is 1.60 bits per heavy atom. The molecule has 3 fully saturated rings. The van der Waals surface area contributed by atoms with E-state index in [-0.39, 0.29) is 37.5 Å². The third-order valence-electron chi connectivity index (χ3n) is 10.2. The first kappa shape index (κ1) is 37.6. The molecule has 0 bridgehead atoms. The molecule has 3 saturated heterocycles. The molecule has 3 heterocycles. The van der Waals surface area contributed by atoms with E-state index in [2.05, 4.69) is 24.1 Å². The smallest absolute Gasteiger partial charge is 0.416 e. The van der Waals surface area contributed by atoms with Crippen molar-refractivity contribution >= 4 is 29.9 Å². The van der Waals surface area contributed by atoms with Crippen molar-refractivity contribution in [1.82, 2.24) is 24.9 Å². The molecule has 0 aliphatic carbocycles. The highest BCUT2D eigenvalue weighted by Crippen LogP contribution is 2.39. The molecule has 3 aliphatic rings. The van der Waals surface area contributed by atoms with Crippen LogP contribution in [0.15, 0.2) is 91.0 Å². The standard InChI is InChI=1S/C40H44F3N5O5/c1-27(2)45-20-22-46(23-21-45)35(49)19-18-33(37(50)44-25-29-12-9-15-31(24-29)40(41,42)43)47-32(17-16-28-10-5-3-6-11-28)36(38(47)51)48-34(26-53-39(48)52)30-13-7-4-8-14-30/h3-17,24,27,32-34,36H,18-23,25-26H2,1-2H3,(H,44,50)/b17-16+/t32-,33-,34-,36+/m1/s1. The molecule has 4 atom stereocenters. The lowest BCUT2D eigenvalue weighted by Gasteiger charge is -2.52. The van der Waals surface area contributed by atoms with Crippen LogP contribution in [0.2, 0.25) is 0 Å². The van der Waals surface area contributed by atoms with Crippen molar-refractivity contribution in [2.75, 3.05) is 32.8 Å². The average molecular weight is 732 g/mol. The quantitative estimate of drug-likeness (QED) is 0.247. The Labute approximate surface area is 307 Å². The van der Waals surface area contributed by atoms with Gasteiger partial charge in [0, 0.05) is 45.2 Å². The van der Waals surface area contributed by atoms with Crippen LogP contribution in [-0.2, 0) is 31.8 Å². The number of amides is 4. The van der Waals surface area contributed by atoms with Gasteiger partial charge in [0.15, 0.2) is 0 Å². The van der Waals surface area contributed by atoms with E-state index in [4.69, 9.17) is 4.74 Å². The molecule has 6 rings (SSSR count). The molecule has 0 saturated carbocycles. The molecule has 0 aromatic heterocycles. The van der Waals surface area contributed by atoms with Gasteiger partial charge < -0.3 is 19.9 Å². The highest BCUT2D eigenvalue weighted by Gasteiger charge is 2.58. The number of likely N-dealkylation sites (tertiary alicyclic amines) is 1. The van der Waals surface area contributed by atoms with E-state index < -0.39 is 53.8 Å². The number of β-lactam (4-membered cyclic amide) rings is 1. The van der Waals surface area contributed by atoms with E-state index in [0.29, 0.717) is 19.1 Å². The highest BCUT2D eigenvalue weighted by molar-refractivity contribution is 5.98. The van der Waals surface area contributed by atoms with E-state index in [1.165, 1.54) is 21.9 Å². The third-order valence-corrected chi connectivity index (χ3v) is 10.2. The molecule has 0 unspecified atom stereocenters. The van der Waals surface area contributed by atoms with Crippen LogP contribution in [0, 0.1) is 0 Å². The summed E-state index contributed by atoms with van der Waals surface area (Å²) >= 11 is 0. The Balaban J connectivity index is 1.28. The summed E-state index contributed by atoms with van der Waals surface area (Å²) < 4.78 is 45.8. The van der Waals surface area contributed by atoms with Gasteiger partial charge in [-0.2, -0.15) is 13.2 Å². The SMILES string of the molecule is CC(C)N1CCN(C(=O)CC[C@H](C(=O)NCc2cccc(C(F)(F)F)c2)N2C(=O)[C@@H](N3C(=O)OC[C@@H]3c3ccccc3)[C@H]2/C=C/c2ccccc2)CC1. The van der Waals surface area contributed by atoms with Gasteiger partial charge >= 0.3 is 12.3 Å². The molecule has 53 heavy (non-hydrogen) atoms. The van der Waals surface area contributed by atoms with Gasteiger partial charge in [-0.15, -0.1) is 0 Å². The van der Waals surface area contributed by atoms with Crippen LogP contribution >= 0.6 is 0 Å². The first-order valence-electron chi connectivity index (χ1n) is 17.9. The number of benzene rings is 3. The number of halogens is 3. The van der Waals surface area contributed by atoms with Crippen LogP contribution in [0.4, 0.5) is 18.0 Å². The number of hydrogen-bond acceptors (Lipinski definition) is 6. The van der Waals surface area contributed by atoms with E-state index in [1.807, 2.05) is 66.7 Å². The number of nitrogens with zero attached hydrogens (tertiary/aromatic N) is 4. The minimum absolute atomic E-state index is 0.0294. The normalized spacial score (nSPS) is 21.5.